The third-order valence-electron chi connectivity index (χ3n) is 5.27. The van der Waals surface area contributed by atoms with Gasteiger partial charge in [0.05, 0.1) is 12.2 Å². The Morgan fingerprint density at radius 2 is 1.79 bits per heavy atom. The fourth-order valence-electron chi connectivity index (χ4n) is 4.10. The lowest BCUT2D eigenvalue weighted by Crippen LogP contribution is -2.41. The van der Waals surface area contributed by atoms with Crippen molar-refractivity contribution in [1.82, 2.24) is 4.90 Å². The van der Waals surface area contributed by atoms with Gasteiger partial charge in [0.25, 0.3) is 5.91 Å². The van der Waals surface area contributed by atoms with Crippen LogP contribution in [0.15, 0.2) is 22.8 Å². The summed E-state index contributed by atoms with van der Waals surface area (Å²) in [6.45, 7) is 5.62. The Balaban J connectivity index is 1.47. The summed E-state index contributed by atoms with van der Waals surface area (Å²) in [6, 6.07) is 3.39. The average molecular weight is 333 g/mol. The van der Waals surface area contributed by atoms with Gasteiger partial charge in [-0.15, -0.1) is 0 Å². The molecular weight excluding hydrogens is 306 g/mol. The van der Waals surface area contributed by atoms with Gasteiger partial charge in [-0.1, -0.05) is 13.8 Å². The standard InChI is InChI=1S/C19H27NO4/c1-13-10-14(2)12-16(11-13)24-19(22)15-5-7-20(8-6-15)18(21)17-4-3-9-23-17/h3-4,9,13-16H,5-8,10-12H2,1-2H3/t13-,14+,16?. The summed E-state index contributed by atoms with van der Waals surface area (Å²) >= 11 is 0. The van der Waals surface area contributed by atoms with E-state index in [-0.39, 0.29) is 23.9 Å². The van der Waals surface area contributed by atoms with Crippen molar-refractivity contribution in [2.24, 2.45) is 17.8 Å². The van der Waals surface area contributed by atoms with E-state index in [2.05, 4.69) is 13.8 Å². The molecule has 1 aliphatic heterocycles. The van der Waals surface area contributed by atoms with Crippen molar-refractivity contribution in [3.8, 4) is 0 Å². The van der Waals surface area contributed by atoms with Crippen LogP contribution in [0.2, 0.25) is 0 Å². The summed E-state index contributed by atoms with van der Waals surface area (Å²) in [7, 11) is 0. The number of likely N-dealkylation sites (tertiary alicyclic amines) is 1. The highest BCUT2D eigenvalue weighted by atomic mass is 16.5. The largest absolute Gasteiger partial charge is 0.462 e. The molecule has 2 heterocycles. The van der Waals surface area contributed by atoms with Crippen molar-refractivity contribution < 1.29 is 18.7 Å². The van der Waals surface area contributed by atoms with E-state index < -0.39 is 0 Å². The lowest BCUT2D eigenvalue weighted by atomic mass is 9.81. The number of rotatable bonds is 3. The second-order valence-electron chi connectivity index (χ2n) is 7.52. The molecule has 1 aromatic rings. The Morgan fingerprint density at radius 3 is 2.38 bits per heavy atom. The number of ether oxygens (including phenoxy) is 1. The minimum Gasteiger partial charge on any atom is -0.462 e. The molecule has 2 fully saturated rings. The molecule has 5 nitrogen and oxygen atoms in total. The second kappa shape index (κ2) is 7.41. The van der Waals surface area contributed by atoms with Gasteiger partial charge < -0.3 is 14.1 Å². The quantitative estimate of drug-likeness (QED) is 0.794. The van der Waals surface area contributed by atoms with Crippen LogP contribution >= 0.6 is 0 Å². The lowest BCUT2D eigenvalue weighted by molar-refractivity contribution is -0.158. The summed E-state index contributed by atoms with van der Waals surface area (Å²) in [5, 5.41) is 0. The molecule has 1 aromatic heterocycles. The molecule has 1 amide bonds. The van der Waals surface area contributed by atoms with Gasteiger partial charge in [0, 0.05) is 13.1 Å². The highest BCUT2D eigenvalue weighted by molar-refractivity contribution is 5.91. The molecule has 0 bridgehead atoms. The van der Waals surface area contributed by atoms with Crippen LogP contribution in [0.1, 0.15) is 56.5 Å². The van der Waals surface area contributed by atoms with Crippen molar-refractivity contribution in [2.45, 2.75) is 52.1 Å². The predicted molar refractivity (Wildman–Crippen MR) is 89.4 cm³/mol. The highest BCUT2D eigenvalue weighted by Crippen LogP contribution is 2.31. The van der Waals surface area contributed by atoms with Gasteiger partial charge in [0.1, 0.15) is 6.10 Å². The van der Waals surface area contributed by atoms with Gasteiger partial charge in [-0.05, 0) is 56.1 Å². The first-order chi connectivity index (χ1) is 11.5. The Labute approximate surface area is 143 Å². The van der Waals surface area contributed by atoms with Crippen molar-refractivity contribution in [3.05, 3.63) is 24.2 Å². The van der Waals surface area contributed by atoms with E-state index in [1.165, 1.54) is 12.7 Å². The minimum absolute atomic E-state index is 0.0685. The molecule has 0 radical (unpaired) electrons. The number of furan rings is 1. The first-order valence-electron chi connectivity index (χ1n) is 9.06. The van der Waals surface area contributed by atoms with Crippen LogP contribution in [-0.4, -0.2) is 36.0 Å². The molecular formula is C19H27NO4. The molecule has 24 heavy (non-hydrogen) atoms. The summed E-state index contributed by atoms with van der Waals surface area (Å²) in [5.41, 5.74) is 0. The Morgan fingerprint density at radius 1 is 1.12 bits per heavy atom. The first-order valence-corrected chi connectivity index (χ1v) is 9.06. The maximum atomic E-state index is 12.4. The average Bonchev–Trinajstić information content (AvgIpc) is 3.07. The zero-order chi connectivity index (χ0) is 17.1. The normalized spacial score (nSPS) is 28.6. The van der Waals surface area contributed by atoms with Crippen LogP contribution in [0.25, 0.3) is 0 Å². The van der Waals surface area contributed by atoms with Crippen LogP contribution in [0.3, 0.4) is 0 Å². The van der Waals surface area contributed by atoms with Gasteiger partial charge in [-0.2, -0.15) is 0 Å². The van der Waals surface area contributed by atoms with E-state index in [0.717, 1.165) is 12.8 Å². The van der Waals surface area contributed by atoms with Crippen LogP contribution < -0.4 is 0 Å². The van der Waals surface area contributed by atoms with E-state index >= 15 is 0 Å². The first kappa shape index (κ1) is 17.1. The van der Waals surface area contributed by atoms with Gasteiger partial charge in [0.15, 0.2) is 5.76 Å². The SMILES string of the molecule is C[C@@H]1CC(OC(=O)C2CCN(C(=O)c3ccco3)CC2)C[C@H](C)C1. The molecule has 1 saturated carbocycles. The van der Waals surface area contributed by atoms with Crippen LogP contribution in [-0.2, 0) is 9.53 Å². The van der Waals surface area contributed by atoms with E-state index in [0.29, 0.717) is 43.5 Å². The summed E-state index contributed by atoms with van der Waals surface area (Å²) in [6.07, 6.45) is 6.09. The zero-order valence-electron chi connectivity index (χ0n) is 14.6. The van der Waals surface area contributed by atoms with E-state index in [9.17, 15) is 9.59 Å². The third-order valence-corrected chi connectivity index (χ3v) is 5.27. The van der Waals surface area contributed by atoms with Crippen molar-refractivity contribution in [3.63, 3.8) is 0 Å². The maximum Gasteiger partial charge on any atom is 0.309 e. The zero-order valence-corrected chi connectivity index (χ0v) is 14.6. The summed E-state index contributed by atoms with van der Waals surface area (Å²) in [4.78, 5) is 26.4. The number of nitrogens with zero attached hydrogens (tertiary/aromatic N) is 1. The van der Waals surface area contributed by atoms with E-state index in [4.69, 9.17) is 9.15 Å². The van der Waals surface area contributed by atoms with E-state index in [1.807, 2.05) is 0 Å². The number of carbonyl (C=O) groups excluding carboxylic acids is 2. The lowest BCUT2D eigenvalue weighted by Gasteiger charge is -2.34. The molecule has 132 valence electrons. The molecule has 1 unspecified atom stereocenters. The smallest absolute Gasteiger partial charge is 0.309 e. The summed E-state index contributed by atoms with van der Waals surface area (Å²) in [5.74, 6) is 1.35. The maximum absolute atomic E-state index is 12.4. The molecule has 0 aromatic carbocycles. The molecule has 5 heteroatoms. The molecule has 1 saturated heterocycles. The van der Waals surface area contributed by atoms with Crippen LogP contribution in [0.4, 0.5) is 0 Å². The fourth-order valence-corrected chi connectivity index (χ4v) is 4.10. The van der Waals surface area contributed by atoms with Crippen LogP contribution in [0.5, 0.6) is 0 Å². The Bertz CT molecular complexity index is 550. The minimum atomic E-state index is -0.0956. The molecule has 2 aliphatic rings. The van der Waals surface area contributed by atoms with Gasteiger partial charge in [-0.3, -0.25) is 9.59 Å². The molecule has 1 aliphatic carbocycles. The monoisotopic (exact) mass is 333 g/mol. The second-order valence-corrected chi connectivity index (χ2v) is 7.52. The molecule has 0 N–H and O–H groups in total. The van der Waals surface area contributed by atoms with E-state index in [1.54, 1.807) is 17.0 Å². The third kappa shape index (κ3) is 4.00. The molecule has 3 atom stereocenters. The number of hydrogen-bond donors (Lipinski definition) is 0. The van der Waals surface area contributed by atoms with Gasteiger partial charge >= 0.3 is 5.97 Å². The number of carbonyl (C=O) groups is 2. The topological polar surface area (TPSA) is 59.8 Å². The number of amides is 1. The molecule has 3 rings (SSSR count). The Hall–Kier alpha value is -1.78. The predicted octanol–water partition coefficient (Wildman–Crippen LogP) is 3.50. The van der Waals surface area contributed by atoms with Gasteiger partial charge in [0.2, 0.25) is 0 Å². The highest BCUT2D eigenvalue weighted by Gasteiger charge is 2.32. The number of esters is 1. The van der Waals surface area contributed by atoms with Crippen molar-refractivity contribution >= 4 is 11.9 Å². The number of piperidine rings is 1. The number of hydrogen-bond acceptors (Lipinski definition) is 4. The van der Waals surface area contributed by atoms with Crippen molar-refractivity contribution in [2.75, 3.05) is 13.1 Å². The van der Waals surface area contributed by atoms with Crippen LogP contribution in [0, 0.1) is 17.8 Å². The van der Waals surface area contributed by atoms with Gasteiger partial charge in [-0.25, -0.2) is 0 Å². The summed E-state index contributed by atoms with van der Waals surface area (Å²) < 4.78 is 10.9. The molecule has 0 spiro atoms. The Kier molecular flexibility index (Phi) is 5.27. The fraction of sp³-hybridized carbons (Fsp3) is 0.684. The van der Waals surface area contributed by atoms with Crippen molar-refractivity contribution in [1.29, 1.82) is 0 Å².